The summed E-state index contributed by atoms with van der Waals surface area (Å²) in [5, 5.41) is 1.23. The van der Waals surface area contributed by atoms with E-state index in [0.29, 0.717) is 54.4 Å². The van der Waals surface area contributed by atoms with Gasteiger partial charge in [-0.2, -0.15) is 9.97 Å². The van der Waals surface area contributed by atoms with E-state index in [1.165, 1.54) is 6.07 Å². The van der Waals surface area contributed by atoms with E-state index in [2.05, 4.69) is 15.7 Å². The lowest BCUT2D eigenvalue weighted by Gasteiger charge is -2.48. The van der Waals surface area contributed by atoms with Crippen molar-refractivity contribution in [3.8, 4) is 35.5 Å². The molecular formula is C41H41F3N6O4. The molecule has 4 aromatic rings. The van der Waals surface area contributed by atoms with Crippen LogP contribution >= 0.6 is 0 Å². The van der Waals surface area contributed by atoms with Gasteiger partial charge >= 0.3 is 12.1 Å². The van der Waals surface area contributed by atoms with Crippen molar-refractivity contribution in [2.75, 3.05) is 31.1 Å². The van der Waals surface area contributed by atoms with E-state index >= 15 is 8.78 Å². The van der Waals surface area contributed by atoms with Crippen LogP contribution in [0.2, 0.25) is 0 Å². The van der Waals surface area contributed by atoms with Crippen molar-refractivity contribution in [1.29, 1.82) is 0 Å². The van der Waals surface area contributed by atoms with Crippen LogP contribution in [0.25, 0.3) is 32.9 Å². The first-order valence-electron chi connectivity index (χ1n) is 18.6. The molecule has 7 heterocycles. The summed E-state index contributed by atoms with van der Waals surface area (Å²) in [6, 6.07) is 7.12. The number of benzene rings is 2. The second-order valence-corrected chi connectivity index (χ2v) is 16.2. The van der Waals surface area contributed by atoms with Crippen LogP contribution in [0.3, 0.4) is 0 Å². The number of carbonyl (C=O) groups excluding carboxylic acids is 1. The summed E-state index contributed by atoms with van der Waals surface area (Å²) in [5.74, 6) is 1.56. The van der Waals surface area contributed by atoms with E-state index in [1.54, 1.807) is 24.3 Å². The van der Waals surface area contributed by atoms with Crippen molar-refractivity contribution in [2.45, 2.75) is 95.2 Å². The highest BCUT2D eigenvalue weighted by Gasteiger charge is 2.54. The minimum absolute atomic E-state index is 0.00836. The first-order valence-corrected chi connectivity index (χ1v) is 18.6. The fourth-order valence-electron chi connectivity index (χ4n) is 9.61. The Labute approximate surface area is 311 Å². The van der Waals surface area contributed by atoms with Gasteiger partial charge in [-0.3, -0.25) is 9.80 Å². The molecule has 280 valence electrons. The maximum atomic E-state index is 17.4. The number of amides is 1. The summed E-state index contributed by atoms with van der Waals surface area (Å²) in [5.41, 5.74) is -0.309. The van der Waals surface area contributed by atoms with Gasteiger partial charge in [0.25, 0.3) is 0 Å². The number of rotatable bonds is 4. The smallest absolute Gasteiger partial charge is 0.410 e. The van der Waals surface area contributed by atoms with Crippen LogP contribution < -0.4 is 14.4 Å². The van der Waals surface area contributed by atoms with E-state index in [4.69, 9.17) is 35.6 Å². The van der Waals surface area contributed by atoms with Crippen molar-refractivity contribution < 1.29 is 32.2 Å². The second-order valence-electron chi connectivity index (χ2n) is 16.2. The molecule has 1 unspecified atom stereocenters. The van der Waals surface area contributed by atoms with Crippen molar-refractivity contribution in [3.63, 3.8) is 0 Å². The third kappa shape index (κ3) is 5.35. The summed E-state index contributed by atoms with van der Waals surface area (Å²) in [4.78, 5) is 34.3. The largest absolute Gasteiger partial charge is 0.472 e. The molecule has 0 radical (unpaired) electrons. The van der Waals surface area contributed by atoms with Gasteiger partial charge in [-0.05, 0) is 83.4 Å². The van der Waals surface area contributed by atoms with E-state index < -0.39 is 41.0 Å². The molecule has 10 nitrogen and oxygen atoms in total. The molecule has 0 N–H and O–H groups in total. The standard InChI is InChI=1S/C41H41F3N6O4/c1-6-26-28(43)13-11-24-9-7-10-27(30(24)26)33-32(44)34-31-36(47-38(46-34)52-21-41-15-8-16-48(41)19-23(17-41)18-42)49-20-25-12-14-29(35(49)22(2)53-37(31)45-33)50(25)39(51)54-40(3,4)5/h1,7,9-11,13,18,22,25,29,35H,8,12,14-17,19-21H2,2-5H3/t22-,25+,29-,35+,41?/m0/s1. The van der Waals surface area contributed by atoms with Gasteiger partial charge in [0.15, 0.2) is 5.82 Å². The Morgan fingerprint density at radius 2 is 1.98 bits per heavy atom. The first-order chi connectivity index (χ1) is 25.9. The number of ether oxygens (including phenoxy) is 3. The number of hydrogen-bond acceptors (Lipinski definition) is 9. The second kappa shape index (κ2) is 12.5. The zero-order valence-corrected chi connectivity index (χ0v) is 30.7. The van der Waals surface area contributed by atoms with Gasteiger partial charge in [-0.1, -0.05) is 30.2 Å². The van der Waals surface area contributed by atoms with Gasteiger partial charge in [0.1, 0.15) is 46.5 Å². The topological polar surface area (TPSA) is 93.2 Å². The number of halogens is 3. The van der Waals surface area contributed by atoms with E-state index in [0.717, 1.165) is 25.8 Å². The minimum Gasteiger partial charge on any atom is -0.472 e. The quantitative estimate of drug-likeness (QED) is 0.200. The summed E-state index contributed by atoms with van der Waals surface area (Å²) in [7, 11) is 0. The molecule has 0 spiro atoms. The maximum Gasteiger partial charge on any atom is 0.410 e. The fraction of sp³-hybridized carbons (Fsp3) is 0.463. The first kappa shape index (κ1) is 34.7. The lowest BCUT2D eigenvalue weighted by molar-refractivity contribution is 0.000936. The van der Waals surface area contributed by atoms with Gasteiger partial charge in [0.2, 0.25) is 5.88 Å². The third-order valence-corrected chi connectivity index (χ3v) is 11.8. The maximum absolute atomic E-state index is 17.4. The van der Waals surface area contributed by atoms with Gasteiger partial charge < -0.3 is 19.1 Å². The summed E-state index contributed by atoms with van der Waals surface area (Å²) in [6.45, 7) is 9.36. The molecule has 4 fully saturated rings. The Kier molecular flexibility index (Phi) is 8.01. The zero-order chi connectivity index (χ0) is 37.7. The predicted molar refractivity (Wildman–Crippen MR) is 197 cm³/mol. The molecule has 1 amide bonds. The summed E-state index contributed by atoms with van der Waals surface area (Å²) >= 11 is 0. The highest BCUT2D eigenvalue weighted by molar-refractivity contribution is 6.03. The van der Waals surface area contributed by atoms with E-state index in [-0.39, 0.29) is 58.3 Å². The number of aromatic nitrogens is 3. The Hall–Kier alpha value is -5.09. The van der Waals surface area contributed by atoms with Crippen molar-refractivity contribution >= 4 is 33.6 Å². The fourth-order valence-corrected chi connectivity index (χ4v) is 9.61. The van der Waals surface area contributed by atoms with Crippen molar-refractivity contribution in [3.05, 3.63) is 59.4 Å². The number of terminal acetylenes is 1. The predicted octanol–water partition coefficient (Wildman–Crippen LogP) is 7.31. The van der Waals surface area contributed by atoms with Gasteiger partial charge in [0.05, 0.1) is 35.6 Å². The van der Waals surface area contributed by atoms with E-state index in [1.807, 2.05) is 32.6 Å². The zero-order valence-electron chi connectivity index (χ0n) is 30.7. The molecule has 13 heteroatoms. The molecule has 4 saturated heterocycles. The van der Waals surface area contributed by atoms with Crippen molar-refractivity contribution in [2.24, 2.45) is 0 Å². The van der Waals surface area contributed by atoms with Gasteiger partial charge in [0, 0.05) is 24.0 Å². The molecule has 5 aliphatic heterocycles. The highest BCUT2D eigenvalue weighted by atomic mass is 19.1. The number of anilines is 1. The number of carbonyl (C=O) groups is 1. The number of piperazine rings is 1. The normalized spacial score (nSPS) is 26.8. The average Bonchev–Trinajstić information content (AvgIpc) is 3.77. The lowest BCUT2D eigenvalue weighted by Crippen LogP contribution is -2.65. The van der Waals surface area contributed by atoms with Crippen LogP contribution in [0.4, 0.5) is 23.8 Å². The monoisotopic (exact) mass is 738 g/mol. The Bertz CT molecular complexity index is 2310. The third-order valence-electron chi connectivity index (χ3n) is 11.8. The molecular weight excluding hydrogens is 697 g/mol. The molecule has 9 rings (SSSR count). The number of fused-ring (bicyclic) bond motifs is 7. The van der Waals surface area contributed by atoms with Crippen LogP contribution in [-0.4, -0.2) is 92.5 Å². The Morgan fingerprint density at radius 3 is 2.76 bits per heavy atom. The molecule has 2 aromatic carbocycles. The number of hydrogen-bond donors (Lipinski definition) is 0. The Morgan fingerprint density at radius 1 is 1.15 bits per heavy atom. The Balaban J connectivity index is 1.21. The number of nitrogens with zero attached hydrogens (tertiary/aromatic N) is 6. The summed E-state index contributed by atoms with van der Waals surface area (Å²) < 4.78 is 65.2. The van der Waals surface area contributed by atoms with Crippen molar-refractivity contribution in [1.82, 2.24) is 24.8 Å². The van der Waals surface area contributed by atoms with Crippen LogP contribution in [0.1, 0.15) is 65.4 Å². The molecule has 0 aliphatic carbocycles. The van der Waals surface area contributed by atoms with Crippen LogP contribution in [-0.2, 0) is 4.74 Å². The minimum atomic E-state index is -0.767. The molecule has 5 atom stereocenters. The summed E-state index contributed by atoms with van der Waals surface area (Å²) in [6.07, 6.45) is 9.29. The van der Waals surface area contributed by atoms with Crippen LogP contribution in [0, 0.1) is 24.0 Å². The molecule has 2 aromatic heterocycles. The number of pyridine rings is 1. The van der Waals surface area contributed by atoms with Gasteiger partial charge in [-0.15, -0.1) is 6.42 Å². The van der Waals surface area contributed by atoms with E-state index in [9.17, 15) is 9.18 Å². The highest BCUT2D eigenvalue weighted by Crippen LogP contribution is 2.48. The molecule has 0 saturated carbocycles. The average molecular weight is 739 g/mol. The molecule has 2 bridgehead atoms. The molecule has 5 aliphatic rings. The molecule has 54 heavy (non-hydrogen) atoms. The lowest BCUT2D eigenvalue weighted by atomic mass is 9.94. The SMILES string of the molecule is C#Cc1c(F)ccc2cccc(-c3nc4c5c(nc(OCC67CCCN6CC(=CF)C7)nc5c3F)N3C[C@H]5CC[C@@H]([C@H]3[C@H](C)O4)N5C(=O)OC(C)(C)C)c12. The van der Waals surface area contributed by atoms with Crippen LogP contribution in [0.15, 0.2) is 42.2 Å². The van der Waals surface area contributed by atoms with Gasteiger partial charge in [-0.25, -0.2) is 22.9 Å². The van der Waals surface area contributed by atoms with Crippen LogP contribution in [0.5, 0.6) is 11.9 Å².